The van der Waals surface area contributed by atoms with Crippen LogP contribution in [0.5, 0.6) is 0 Å². The van der Waals surface area contributed by atoms with Crippen molar-refractivity contribution in [1.82, 2.24) is 25.3 Å². The molecule has 0 unspecified atom stereocenters. The zero-order valence-corrected chi connectivity index (χ0v) is 14.2. The van der Waals surface area contributed by atoms with Gasteiger partial charge in [-0.05, 0) is 38.7 Å². The zero-order valence-electron chi connectivity index (χ0n) is 14.2. The average molecular weight is 329 g/mol. The molecule has 2 aliphatic rings. The molecule has 1 saturated heterocycles. The number of aromatic amines is 1. The quantitative estimate of drug-likeness (QED) is 0.931. The van der Waals surface area contributed by atoms with Gasteiger partial charge >= 0.3 is 0 Å². The molecule has 1 saturated carbocycles. The van der Waals surface area contributed by atoms with Gasteiger partial charge in [0.25, 0.3) is 5.91 Å². The van der Waals surface area contributed by atoms with Crippen molar-refractivity contribution >= 4 is 5.91 Å². The minimum atomic E-state index is -0.00872. The number of hydrogen-bond donors (Lipinski definition) is 1. The van der Waals surface area contributed by atoms with Gasteiger partial charge in [-0.1, -0.05) is 6.92 Å². The Bertz CT molecular complexity index is 733. The van der Waals surface area contributed by atoms with Crippen molar-refractivity contribution in [1.29, 1.82) is 0 Å². The molecule has 128 valence electrons. The molecule has 4 rings (SSSR count). The molecule has 0 bridgehead atoms. The summed E-state index contributed by atoms with van der Waals surface area (Å²) in [4.78, 5) is 14.8. The number of piperidine rings is 1. The molecular weight excluding hydrogens is 306 g/mol. The number of H-pyrrole nitrogens is 1. The van der Waals surface area contributed by atoms with E-state index in [1.165, 1.54) is 12.8 Å². The molecule has 7 nitrogen and oxygen atoms in total. The summed E-state index contributed by atoms with van der Waals surface area (Å²) >= 11 is 0. The van der Waals surface area contributed by atoms with Crippen LogP contribution < -0.4 is 0 Å². The fourth-order valence-electron chi connectivity index (χ4n) is 3.52. The largest absolute Gasteiger partial charge is 0.425 e. The fraction of sp³-hybridized carbons (Fsp3) is 0.647. The number of aryl methyl sites for hydroxylation is 1. The molecule has 0 spiro atoms. The Hall–Kier alpha value is -2.18. The fourth-order valence-corrected chi connectivity index (χ4v) is 3.52. The molecule has 7 heteroatoms. The molecule has 2 aromatic heterocycles. The van der Waals surface area contributed by atoms with Crippen molar-refractivity contribution in [3.05, 3.63) is 29.2 Å². The van der Waals surface area contributed by atoms with Crippen LogP contribution in [0.15, 0.2) is 10.5 Å². The van der Waals surface area contributed by atoms with E-state index in [1.54, 1.807) is 0 Å². The first-order valence-electron chi connectivity index (χ1n) is 8.86. The number of rotatable bonds is 4. The van der Waals surface area contributed by atoms with E-state index in [-0.39, 0.29) is 17.9 Å². The highest BCUT2D eigenvalue weighted by Crippen LogP contribution is 2.39. The first kappa shape index (κ1) is 15.4. The van der Waals surface area contributed by atoms with Crippen molar-refractivity contribution in [2.24, 2.45) is 0 Å². The van der Waals surface area contributed by atoms with Crippen molar-refractivity contribution in [2.45, 2.75) is 63.8 Å². The molecule has 1 N–H and O–H groups in total. The topological polar surface area (TPSA) is 87.9 Å². The number of nitrogens with one attached hydrogen (secondary N) is 1. The summed E-state index contributed by atoms with van der Waals surface area (Å²) in [6.45, 7) is 4.80. The second-order valence-corrected chi connectivity index (χ2v) is 6.86. The van der Waals surface area contributed by atoms with Crippen LogP contribution in [0.25, 0.3) is 0 Å². The van der Waals surface area contributed by atoms with Crippen molar-refractivity contribution in [3.63, 3.8) is 0 Å². The first-order valence-corrected chi connectivity index (χ1v) is 8.86. The smallest absolute Gasteiger partial charge is 0.274 e. The monoisotopic (exact) mass is 329 g/mol. The second kappa shape index (κ2) is 6.03. The maximum atomic E-state index is 12.9. The molecule has 1 aliphatic carbocycles. The Morgan fingerprint density at radius 3 is 2.92 bits per heavy atom. The van der Waals surface area contributed by atoms with Crippen LogP contribution in [0.4, 0.5) is 0 Å². The normalized spacial score (nSPS) is 24.3. The lowest BCUT2D eigenvalue weighted by atomic mass is 9.90. The molecule has 24 heavy (non-hydrogen) atoms. The molecule has 0 radical (unpaired) electrons. The van der Waals surface area contributed by atoms with Crippen LogP contribution in [0.3, 0.4) is 0 Å². The summed E-state index contributed by atoms with van der Waals surface area (Å²) in [6.07, 6.45) is 5.01. The third-order valence-corrected chi connectivity index (χ3v) is 5.19. The van der Waals surface area contributed by atoms with Crippen LogP contribution in [-0.2, 0) is 6.42 Å². The summed E-state index contributed by atoms with van der Waals surface area (Å²) in [7, 11) is 0. The third-order valence-electron chi connectivity index (χ3n) is 5.19. The minimum Gasteiger partial charge on any atom is -0.425 e. The van der Waals surface area contributed by atoms with Crippen LogP contribution in [0.2, 0.25) is 0 Å². The molecule has 2 atom stereocenters. The number of hydrogen-bond acceptors (Lipinski definition) is 5. The highest BCUT2D eigenvalue weighted by Gasteiger charge is 2.36. The van der Waals surface area contributed by atoms with E-state index in [1.807, 2.05) is 17.9 Å². The van der Waals surface area contributed by atoms with Gasteiger partial charge in [-0.15, -0.1) is 10.2 Å². The molecule has 2 fully saturated rings. The van der Waals surface area contributed by atoms with Crippen molar-refractivity contribution in [2.75, 3.05) is 6.54 Å². The van der Waals surface area contributed by atoms with Gasteiger partial charge in [-0.2, -0.15) is 5.10 Å². The van der Waals surface area contributed by atoms with E-state index in [9.17, 15) is 4.79 Å². The van der Waals surface area contributed by atoms with Crippen LogP contribution in [-0.4, -0.2) is 43.8 Å². The standard InChI is InChI=1S/C17H23N5O2/c1-3-15-20-21-16(24-15)12-5-4-8-22(10(12)2)17(23)14-9-13(18-19-14)11-6-7-11/h9-12H,3-8H2,1-2H3,(H,18,19)/t10-,12-/m0/s1. The summed E-state index contributed by atoms with van der Waals surface area (Å²) < 4.78 is 5.74. The van der Waals surface area contributed by atoms with Crippen molar-refractivity contribution in [3.8, 4) is 0 Å². The lowest BCUT2D eigenvalue weighted by molar-refractivity contribution is 0.0576. The predicted molar refractivity (Wildman–Crippen MR) is 86.7 cm³/mol. The molecular formula is C17H23N5O2. The third kappa shape index (κ3) is 2.72. The van der Waals surface area contributed by atoms with Gasteiger partial charge in [0.05, 0.1) is 5.92 Å². The number of carbonyl (C=O) groups is 1. The van der Waals surface area contributed by atoms with Crippen LogP contribution in [0, 0.1) is 0 Å². The van der Waals surface area contributed by atoms with Gasteiger partial charge in [0.2, 0.25) is 11.8 Å². The Morgan fingerprint density at radius 1 is 1.38 bits per heavy atom. The Morgan fingerprint density at radius 2 is 2.21 bits per heavy atom. The van der Waals surface area contributed by atoms with Crippen LogP contribution in [0.1, 0.15) is 79.3 Å². The van der Waals surface area contributed by atoms with Crippen molar-refractivity contribution < 1.29 is 9.21 Å². The zero-order chi connectivity index (χ0) is 16.7. The van der Waals surface area contributed by atoms with Gasteiger partial charge < -0.3 is 9.32 Å². The SMILES string of the molecule is CCc1nnc([C@H]2CCCN(C(=O)c3cc(C4CC4)[nH]n3)[C@H]2C)o1. The van der Waals surface area contributed by atoms with Gasteiger partial charge in [0, 0.05) is 30.6 Å². The highest BCUT2D eigenvalue weighted by atomic mass is 16.4. The van der Waals surface area contributed by atoms with E-state index in [0.29, 0.717) is 23.4 Å². The van der Waals surface area contributed by atoms with Crippen LogP contribution >= 0.6 is 0 Å². The molecule has 1 aliphatic heterocycles. The van der Waals surface area contributed by atoms with Gasteiger partial charge in [-0.25, -0.2) is 0 Å². The molecule has 1 amide bonds. The van der Waals surface area contributed by atoms with E-state index in [0.717, 1.165) is 31.5 Å². The maximum Gasteiger partial charge on any atom is 0.274 e. The molecule has 0 aromatic carbocycles. The number of carbonyl (C=O) groups excluding carboxylic acids is 1. The number of likely N-dealkylation sites (tertiary alicyclic amines) is 1. The Labute approximate surface area is 140 Å². The maximum absolute atomic E-state index is 12.9. The van der Waals surface area contributed by atoms with E-state index >= 15 is 0 Å². The number of aromatic nitrogens is 4. The highest BCUT2D eigenvalue weighted by molar-refractivity contribution is 5.92. The lowest BCUT2D eigenvalue weighted by Crippen LogP contribution is -2.46. The second-order valence-electron chi connectivity index (χ2n) is 6.86. The minimum absolute atomic E-state index is 0.00872. The van der Waals surface area contributed by atoms with E-state index < -0.39 is 0 Å². The van der Waals surface area contributed by atoms with Gasteiger partial charge in [-0.3, -0.25) is 9.89 Å². The molecule has 2 aromatic rings. The Kier molecular flexibility index (Phi) is 3.86. The lowest BCUT2D eigenvalue weighted by Gasteiger charge is -2.37. The van der Waals surface area contributed by atoms with E-state index in [4.69, 9.17) is 4.42 Å². The predicted octanol–water partition coefficient (Wildman–Crippen LogP) is 2.64. The first-order chi connectivity index (χ1) is 11.7. The van der Waals surface area contributed by atoms with Gasteiger partial charge in [0.15, 0.2) is 0 Å². The Balaban J connectivity index is 1.52. The average Bonchev–Trinajstić information content (AvgIpc) is 3.13. The summed E-state index contributed by atoms with van der Waals surface area (Å²) in [5.74, 6) is 1.96. The van der Waals surface area contributed by atoms with Gasteiger partial charge in [0.1, 0.15) is 5.69 Å². The summed E-state index contributed by atoms with van der Waals surface area (Å²) in [5.41, 5.74) is 1.60. The summed E-state index contributed by atoms with van der Waals surface area (Å²) in [5, 5.41) is 15.5. The number of nitrogens with zero attached hydrogens (tertiary/aromatic N) is 4. The summed E-state index contributed by atoms with van der Waals surface area (Å²) in [6, 6.07) is 1.94. The molecule has 3 heterocycles. The number of amides is 1. The van der Waals surface area contributed by atoms with E-state index in [2.05, 4.69) is 27.3 Å².